The predicted molar refractivity (Wildman–Crippen MR) is 93.8 cm³/mol. The van der Waals surface area contributed by atoms with E-state index in [1.165, 1.54) is 11.3 Å². The molecule has 0 amide bonds. The second kappa shape index (κ2) is 7.13. The third kappa shape index (κ3) is 3.80. The molecular formula is C17H17NO2S2. The van der Waals surface area contributed by atoms with E-state index < -0.39 is 0 Å². The van der Waals surface area contributed by atoms with Gasteiger partial charge in [-0.05, 0) is 36.7 Å². The zero-order chi connectivity index (χ0) is 15.4. The summed E-state index contributed by atoms with van der Waals surface area (Å²) in [4.78, 5) is 13.2. The molecule has 1 aliphatic rings. The maximum Gasteiger partial charge on any atom is 0.253 e. The Labute approximate surface area is 138 Å². The van der Waals surface area contributed by atoms with Crippen molar-refractivity contribution in [2.24, 2.45) is 0 Å². The summed E-state index contributed by atoms with van der Waals surface area (Å²) in [6.07, 6.45) is 6.12. The minimum Gasteiger partial charge on any atom is -0.376 e. The van der Waals surface area contributed by atoms with Crippen LogP contribution in [0.5, 0.6) is 0 Å². The minimum atomic E-state index is -0.0491. The molecule has 1 saturated heterocycles. The van der Waals surface area contributed by atoms with Crippen LogP contribution in [0.2, 0.25) is 0 Å². The lowest BCUT2D eigenvalue weighted by atomic mass is 10.2. The summed E-state index contributed by atoms with van der Waals surface area (Å²) in [6.45, 7) is 1.35. The number of hydrogen-bond donors (Lipinski definition) is 0. The molecular weight excluding hydrogens is 314 g/mol. The molecule has 0 bridgehead atoms. The normalized spacial score (nSPS) is 18.1. The largest absolute Gasteiger partial charge is 0.376 e. The highest BCUT2D eigenvalue weighted by Gasteiger charge is 2.17. The average molecular weight is 331 g/mol. The van der Waals surface area contributed by atoms with E-state index >= 15 is 0 Å². The summed E-state index contributed by atoms with van der Waals surface area (Å²) in [7, 11) is 0. The highest BCUT2D eigenvalue weighted by molar-refractivity contribution is 7.73. The first-order valence-corrected chi connectivity index (χ1v) is 8.54. The lowest BCUT2D eigenvalue weighted by molar-refractivity contribution is 0.0961. The van der Waals surface area contributed by atoms with Crippen molar-refractivity contribution in [2.75, 3.05) is 6.61 Å². The summed E-state index contributed by atoms with van der Waals surface area (Å²) >= 11 is 6.84. The maximum absolute atomic E-state index is 12.3. The molecule has 0 aliphatic carbocycles. The maximum atomic E-state index is 12.3. The fraction of sp³-hybridized carbons (Fsp3) is 0.294. The predicted octanol–water partition coefficient (Wildman–Crippen LogP) is 3.99. The molecule has 1 atom stereocenters. The molecule has 1 aromatic heterocycles. The van der Waals surface area contributed by atoms with Crippen LogP contribution in [0, 0.1) is 3.95 Å². The minimum absolute atomic E-state index is 0.0491. The van der Waals surface area contributed by atoms with E-state index in [-0.39, 0.29) is 11.7 Å². The van der Waals surface area contributed by atoms with Gasteiger partial charge in [0, 0.05) is 17.6 Å². The van der Waals surface area contributed by atoms with Crippen LogP contribution in [0.1, 0.15) is 23.3 Å². The van der Waals surface area contributed by atoms with Gasteiger partial charge in [0.2, 0.25) is 0 Å². The van der Waals surface area contributed by atoms with Crippen LogP contribution in [-0.4, -0.2) is 17.3 Å². The first-order valence-electron chi connectivity index (χ1n) is 7.32. The third-order valence-corrected chi connectivity index (χ3v) is 4.96. The van der Waals surface area contributed by atoms with Gasteiger partial charge in [0.25, 0.3) is 5.56 Å². The SMILES string of the molecule is O=c1cc(C=Cc2ccccc2)sc(=S)n1CC1CCCO1. The van der Waals surface area contributed by atoms with Crippen LogP contribution in [0.15, 0.2) is 41.2 Å². The Balaban J connectivity index is 1.81. The average Bonchev–Trinajstić information content (AvgIpc) is 3.03. The smallest absolute Gasteiger partial charge is 0.253 e. The van der Waals surface area contributed by atoms with Crippen LogP contribution in [0.4, 0.5) is 0 Å². The van der Waals surface area contributed by atoms with Gasteiger partial charge in [-0.2, -0.15) is 0 Å². The fourth-order valence-electron chi connectivity index (χ4n) is 2.46. The Morgan fingerprint density at radius 3 is 2.82 bits per heavy atom. The highest BCUT2D eigenvalue weighted by Crippen LogP contribution is 2.16. The highest BCUT2D eigenvalue weighted by atomic mass is 32.1. The van der Waals surface area contributed by atoms with Gasteiger partial charge in [0.15, 0.2) is 3.95 Å². The van der Waals surface area contributed by atoms with Gasteiger partial charge >= 0.3 is 0 Å². The van der Waals surface area contributed by atoms with E-state index in [4.69, 9.17) is 17.0 Å². The van der Waals surface area contributed by atoms with Crippen LogP contribution >= 0.6 is 23.6 Å². The summed E-state index contributed by atoms with van der Waals surface area (Å²) in [6, 6.07) is 11.6. The molecule has 5 heteroatoms. The molecule has 3 nitrogen and oxygen atoms in total. The molecule has 1 unspecified atom stereocenters. The topological polar surface area (TPSA) is 31.2 Å². The lowest BCUT2D eigenvalue weighted by Gasteiger charge is -2.11. The Morgan fingerprint density at radius 2 is 2.14 bits per heavy atom. The molecule has 0 spiro atoms. The number of rotatable bonds is 4. The molecule has 1 aliphatic heterocycles. The van der Waals surface area contributed by atoms with E-state index in [0.29, 0.717) is 10.5 Å². The lowest BCUT2D eigenvalue weighted by Crippen LogP contribution is -2.26. The van der Waals surface area contributed by atoms with Crippen molar-refractivity contribution in [1.82, 2.24) is 4.57 Å². The summed E-state index contributed by atoms with van der Waals surface area (Å²) in [5.74, 6) is 0. The number of ether oxygens (including phenoxy) is 1. The second-order valence-corrected chi connectivity index (χ2v) is 6.95. The molecule has 114 valence electrons. The first-order chi connectivity index (χ1) is 10.7. The van der Waals surface area contributed by atoms with Gasteiger partial charge in [0.05, 0.1) is 12.6 Å². The van der Waals surface area contributed by atoms with Crippen molar-refractivity contribution in [3.05, 3.63) is 61.1 Å². The van der Waals surface area contributed by atoms with Gasteiger partial charge < -0.3 is 4.74 Å². The monoisotopic (exact) mass is 331 g/mol. The zero-order valence-electron chi connectivity index (χ0n) is 12.1. The molecule has 1 aromatic carbocycles. The van der Waals surface area contributed by atoms with E-state index in [1.807, 2.05) is 42.5 Å². The molecule has 1 fully saturated rings. The van der Waals surface area contributed by atoms with Crippen LogP contribution in [0.3, 0.4) is 0 Å². The van der Waals surface area contributed by atoms with Crippen molar-refractivity contribution < 1.29 is 4.74 Å². The van der Waals surface area contributed by atoms with Crippen molar-refractivity contribution >= 4 is 35.7 Å². The van der Waals surface area contributed by atoms with Crippen LogP contribution in [-0.2, 0) is 11.3 Å². The number of nitrogens with zero attached hydrogens (tertiary/aromatic N) is 1. The zero-order valence-corrected chi connectivity index (χ0v) is 13.7. The molecule has 2 heterocycles. The molecule has 22 heavy (non-hydrogen) atoms. The van der Waals surface area contributed by atoms with Gasteiger partial charge in [-0.15, -0.1) is 11.3 Å². The Kier molecular flexibility index (Phi) is 4.97. The van der Waals surface area contributed by atoms with Crippen molar-refractivity contribution in [1.29, 1.82) is 0 Å². The molecule has 0 saturated carbocycles. The molecule has 3 rings (SSSR count). The van der Waals surface area contributed by atoms with Gasteiger partial charge in [0.1, 0.15) is 0 Å². The molecule has 2 aromatic rings. The van der Waals surface area contributed by atoms with Gasteiger partial charge in [-0.3, -0.25) is 9.36 Å². The van der Waals surface area contributed by atoms with E-state index in [2.05, 4.69) is 0 Å². The summed E-state index contributed by atoms with van der Waals surface area (Å²) in [5.41, 5.74) is 1.05. The van der Waals surface area contributed by atoms with Crippen molar-refractivity contribution in [2.45, 2.75) is 25.5 Å². The van der Waals surface area contributed by atoms with Crippen LogP contribution < -0.4 is 5.56 Å². The van der Waals surface area contributed by atoms with Crippen LogP contribution in [0.25, 0.3) is 12.2 Å². The van der Waals surface area contributed by atoms with Gasteiger partial charge in [-0.25, -0.2) is 0 Å². The standard InChI is InChI=1S/C17H17NO2S2/c19-16-11-15(9-8-13-5-2-1-3-6-13)22-17(21)18(16)12-14-7-4-10-20-14/h1-3,5-6,8-9,11,14H,4,7,10,12H2. The van der Waals surface area contributed by atoms with Gasteiger partial charge in [-0.1, -0.05) is 36.4 Å². The van der Waals surface area contributed by atoms with Crippen molar-refractivity contribution in [3.8, 4) is 0 Å². The Hall–Kier alpha value is -1.56. The molecule has 0 N–H and O–H groups in total. The van der Waals surface area contributed by atoms with E-state index in [9.17, 15) is 4.79 Å². The first kappa shape index (κ1) is 15.3. The number of benzene rings is 1. The number of aromatic nitrogens is 1. The van der Waals surface area contributed by atoms with Crippen molar-refractivity contribution in [3.63, 3.8) is 0 Å². The Morgan fingerprint density at radius 1 is 1.32 bits per heavy atom. The third-order valence-electron chi connectivity index (χ3n) is 3.61. The number of hydrogen-bond acceptors (Lipinski definition) is 4. The summed E-state index contributed by atoms with van der Waals surface area (Å²) in [5, 5.41) is 0. The van der Waals surface area contributed by atoms with E-state index in [0.717, 1.165) is 29.9 Å². The fourth-order valence-corrected chi connectivity index (χ4v) is 3.68. The summed E-state index contributed by atoms with van der Waals surface area (Å²) < 4.78 is 7.84. The quantitative estimate of drug-likeness (QED) is 0.794. The Bertz CT molecular complexity index is 740. The van der Waals surface area contributed by atoms with E-state index in [1.54, 1.807) is 10.6 Å². The second-order valence-electron chi connectivity index (χ2n) is 5.24. The molecule has 0 radical (unpaired) electrons.